The molecule has 0 aliphatic heterocycles. The Morgan fingerprint density at radius 1 is 0.552 bits per heavy atom. The summed E-state index contributed by atoms with van der Waals surface area (Å²) in [6, 6.07) is 0. The first-order valence-corrected chi connectivity index (χ1v) is 17.7. The molecule has 0 unspecified atom stereocenters. The van der Waals surface area contributed by atoms with E-state index in [0.717, 1.165) is 0 Å². The first-order chi connectivity index (χ1) is 12.6. The normalized spacial score (nSPS) is 15.7. The topological polar surface area (TPSA) is 44.8 Å². The number of rotatable bonds is 12. The van der Waals surface area contributed by atoms with Crippen LogP contribution in [0.25, 0.3) is 0 Å². The van der Waals surface area contributed by atoms with Crippen LogP contribution in [0.1, 0.15) is 41.5 Å². The van der Waals surface area contributed by atoms with Crippen LogP contribution in [0.4, 0.5) is 0 Å². The van der Waals surface area contributed by atoms with E-state index >= 15 is 0 Å². The van der Waals surface area contributed by atoms with Gasteiger partial charge in [-0.1, -0.05) is 89.3 Å². The molecule has 0 rings (SSSR count). The highest BCUT2D eigenvalue weighted by Crippen LogP contribution is 2.69. The predicted octanol–water partition coefficient (Wildman–Crippen LogP) is 10.7. The Kier molecular flexibility index (Phi) is 13.4. The zero-order valence-corrected chi connectivity index (χ0v) is 31.8. The van der Waals surface area contributed by atoms with E-state index in [0.29, 0.717) is 16.0 Å². The van der Waals surface area contributed by atoms with Gasteiger partial charge in [0.25, 0.3) is 0 Å². The van der Waals surface area contributed by atoms with Gasteiger partial charge in [0.15, 0.2) is 10.3 Å². The van der Waals surface area contributed by atoms with Crippen molar-refractivity contribution in [3.8, 4) is 0 Å². The molecule has 4 nitrogen and oxygen atoms in total. The lowest BCUT2D eigenvalue weighted by Crippen LogP contribution is -2.43. The maximum atomic E-state index is 14.1. The molecule has 0 aromatic carbocycles. The lowest BCUT2D eigenvalue weighted by Gasteiger charge is -2.44. The summed E-state index contributed by atoms with van der Waals surface area (Å²) in [5, 5.41) is 1.62. The molecule has 0 aromatic rings. The summed E-state index contributed by atoms with van der Waals surface area (Å²) in [6.45, 7) is 11.5. The van der Waals surface area contributed by atoms with Gasteiger partial charge in [0.1, 0.15) is 0 Å². The van der Waals surface area contributed by atoms with E-state index in [4.69, 9.17) is 13.6 Å². The van der Waals surface area contributed by atoms with E-state index in [1.165, 1.54) is 0 Å². The maximum absolute atomic E-state index is 14.1. The van der Waals surface area contributed by atoms with E-state index < -0.39 is 34.3 Å². The molecular formula is C15H24Br9O4P. The Labute approximate surface area is 250 Å². The van der Waals surface area contributed by atoms with Gasteiger partial charge in [-0.05, 0) is 95.6 Å². The number of phosphoric ester groups is 1. The van der Waals surface area contributed by atoms with Crippen molar-refractivity contribution < 1.29 is 18.1 Å². The second kappa shape index (κ2) is 11.7. The maximum Gasteiger partial charge on any atom is 0.481 e. The highest BCUT2D eigenvalue weighted by atomic mass is 79.9. The van der Waals surface area contributed by atoms with Crippen molar-refractivity contribution in [2.24, 2.45) is 16.2 Å². The van der Waals surface area contributed by atoms with Gasteiger partial charge in [-0.2, -0.15) is 0 Å². The monoisotopic (exact) mass is 1010 g/mol. The van der Waals surface area contributed by atoms with E-state index in [1.807, 2.05) is 41.5 Å². The van der Waals surface area contributed by atoms with E-state index in [-0.39, 0.29) is 0 Å². The first kappa shape index (κ1) is 33.4. The standard InChI is InChI=1S/C15H24Br9O4P/c1-10(2,7-16)13(19,20)26-29(25,27-14(21,22)11(3,4)8-17)28-15(23,24)12(5,6)9-18/h7-9H2,1-6H3. The zero-order chi connectivity index (χ0) is 23.7. The third-order valence-corrected chi connectivity index (χ3v) is 18.7. The van der Waals surface area contributed by atoms with E-state index in [2.05, 4.69) is 143 Å². The van der Waals surface area contributed by atoms with Gasteiger partial charge in [0.05, 0.1) is 0 Å². The Morgan fingerprint density at radius 2 is 0.724 bits per heavy atom. The predicted molar refractivity (Wildman–Crippen MR) is 155 cm³/mol. The van der Waals surface area contributed by atoms with Crippen LogP contribution in [0.2, 0.25) is 0 Å². The summed E-state index contributed by atoms with van der Waals surface area (Å²) >= 11 is 31.4. The van der Waals surface area contributed by atoms with Crippen LogP contribution in [0, 0.1) is 16.2 Å². The zero-order valence-electron chi connectivity index (χ0n) is 16.6. The molecule has 0 aliphatic carbocycles. The molecule has 0 bridgehead atoms. The fourth-order valence-corrected chi connectivity index (χ4v) is 10.3. The molecule has 0 aromatic heterocycles. The summed E-state index contributed by atoms with van der Waals surface area (Å²) in [4.78, 5) is 0. The van der Waals surface area contributed by atoms with Crippen molar-refractivity contribution in [1.29, 1.82) is 0 Å². The molecule has 0 atom stereocenters. The van der Waals surface area contributed by atoms with Gasteiger partial charge in [-0.15, -0.1) is 0 Å². The van der Waals surface area contributed by atoms with Crippen LogP contribution < -0.4 is 0 Å². The number of hydrogen-bond donors (Lipinski definition) is 0. The average Bonchev–Trinajstić information content (AvgIpc) is 2.51. The third kappa shape index (κ3) is 8.80. The molecule has 0 heterocycles. The largest absolute Gasteiger partial charge is 0.481 e. The van der Waals surface area contributed by atoms with E-state index in [9.17, 15) is 4.57 Å². The van der Waals surface area contributed by atoms with Gasteiger partial charge in [0, 0.05) is 32.2 Å². The van der Waals surface area contributed by atoms with Crippen LogP contribution >= 0.6 is 151 Å². The molecule has 0 radical (unpaired) electrons. The van der Waals surface area contributed by atoms with Gasteiger partial charge in [-0.3, -0.25) is 13.6 Å². The first-order valence-electron chi connectivity index (χ1n) is 8.09. The quantitative estimate of drug-likeness (QED) is 0.144. The summed E-state index contributed by atoms with van der Waals surface area (Å²) in [5.74, 6) is 0. The molecule has 14 heteroatoms. The summed E-state index contributed by atoms with van der Waals surface area (Å²) in [6.07, 6.45) is 0. The number of hydrogen-bond acceptors (Lipinski definition) is 4. The average molecular weight is 1020 g/mol. The smallest absolute Gasteiger partial charge is 0.257 e. The fourth-order valence-electron chi connectivity index (χ4n) is 1.08. The SMILES string of the molecule is CC(C)(CBr)C(Br)(Br)OP(=O)(OC(Br)(Br)C(C)(C)CBr)OC(Br)(Br)C(C)(C)CBr. The molecular weight excluding hydrogens is 994 g/mol. The van der Waals surface area contributed by atoms with Crippen LogP contribution in [0.15, 0.2) is 0 Å². The minimum atomic E-state index is -4.26. The van der Waals surface area contributed by atoms with E-state index in [1.54, 1.807) is 0 Å². The Morgan fingerprint density at radius 3 is 0.862 bits per heavy atom. The van der Waals surface area contributed by atoms with Crippen molar-refractivity contribution in [2.75, 3.05) is 16.0 Å². The Hall–Kier alpha value is 4.43. The summed E-state index contributed by atoms with van der Waals surface area (Å²) in [5.41, 5.74) is -1.60. The van der Waals surface area contributed by atoms with Gasteiger partial charge < -0.3 is 0 Å². The van der Waals surface area contributed by atoms with Crippen molar-refractivity contribution >= 4 is 151 Å². The summed E-state index contributed by atoms with van der Waals surface area (Å²) < 4.78 is 28.4. The number of halogens is 9. The molecule has 0 amide bonds. The van der Waals surface area contributed by atoms with Crippen molar-refractivity contribution in [3.05, 3.63) is 0 Å². The van der Waals surface area contributed by atoms with Crippen LogP contribution in [0.5, 0.6) is 0 Å². The minimum Gasteiger partial charge on any atom is -0.257 e. The highest BCUT2D eigenvalue weighted by molar-refractivity contribution is 9.26. The van der Waals surface area contributed by atoms with Crippen LogP contribution in [-0.2, 0) is 18.1 Å². The number of phosphoric acid groups is 1. The third-order valence-electron chi connectivity index (χ3n) is 4.05. The van der Waals surface area contributed by atoms with Gasteiger partial charge in [-0.25, -0.2) is 4.57 Å². The van der Waals surface area contributed by atoms with Gasteiger partial charge in [0.2, 0.25) is 0 Å². The molecule has 0 saturated heterocycles. The van der Waals surface area contributed by atoms with Crippen molar-refractivity contribution in [1.82, 2.24) is 0 Å². The molecule has 0 spiro atoms. The van der Waals surface area contributed by atoms with Crippen LogP contribution in [0.3, 0.4) is 0 Å². The fraction of sp³-hybridized carbons (Fsp3) is 1.00. The molecule has 176 valence electrons. The second-order valence-electron chi connectivity index (χ2n) is 8.32. The molecule has 29 heavy (non-hydrogen) atoms. The molecule has 0 aliphatic rings. The van der Waals surface area contributed by atoms with Crippen molar-refractivity contribution in [2.45, 2.75) is 51.8 Å². The molecule has 0 saturated carbocycles. The van der Waals surface area contributed by atoms with Crippen molar-refractivity contribution in [3.63, 3.8) is 0 Å². The highest BCUT2D eigenvalue weighted by Gasteiger charge is 2.57. The van der Waals surface area contributed by atoms with Gasteiger partial charge >= 0.3 is 7.82 Å². The molecule has 0 N–H and O–H groups in total. The van der Waals surface area contributed by atoms with Crippen LogP contribution in [-0.4, -0.2) is 26.2 Å². The molecule has 0 fully saturated rings. The lowest BCUT2D eigenvalue weighted by molar-refractivity contribution is 0.00989. The second-order valence-corrected chi connectivity index (χ2v) is 21.3. The minimum absolute atomic E-state index is 0.534. The Balaban J connectivity index is 6.31. The lowest BCUT2D eigenvalue weighted by atomic mass is 9.98. The Bertz CT molecular complexity index is 528. The number of alkyl halides is 9. The summed E-state index contributed by atoms with van der Waals surface area (Å²) in [7, 11) is -4.26.